The van der Waals surface area contributed by atoms with E-state index in [2.05, 4.69) is 25.8 Å². The summed E-state index contributed by atoms with van der Waals surface area (Å²) in [7, 11) is 1.86. The number of likely N-dealkylation sites (N-methyl/N-ethyl adjacent to an activating group) is 1. The summed E-state index contributed by atoms with van der Waals surface area (Å²) >= 11 is 12.7. The largest absolute Gasteiger partial charge is 0.381 e. The van der Waals surface area contributed by atoms with Crippen LogP contribution in [0.15, 0.2) is 36.5 Å². The fourth-order valence-corrected chi connectivity index (χ4v) is 5.47. The quantitative estimate of drug-likeness (QED) is 0.149. The number of benzene rings is 2. The van der Waals surface area contributed by atoms with Gasteiger partial charge in [-0.25, -0.2) is 0 Å². The molecule has 1 amide bonds. The minimum atomic E-state index is -0.0859. The highest BCUT2D eigenvalue weighted by atomic mass is 35.5. The standard InChI is InChI=1S/C28H29Cl2N5O3/c1-16(36)22-14-33-26-8-5-18(19-12-24(29)23(15-34-38)25(30)13-19)11-21(26)27(22)35-20-6-3-17(4-7-20)28(37)32-10-9-31-2/h5,8,11-15,17,20,31H,3-4,6-7,9-10H2,1-2H3,(H,32,37)/p+1. The molecule has 0 unspecified atom stereocenters. The van der Waals surface area contributed by atoms with E-state index < -0.39 is 0 Å². The Morgan fingerprint density at radius 1 is 1.05 bits per heavy atom. The number of aromatic nitrogens is 1. The summed E-state index contributed by atoms with van der Waals surface area (Å²) in [6.45, 7) is 2.89. The van der Waals surface area contributed by atoms with Gasteiger partial charge in [-0.3, -0.25) is 14.6 Å². The average molecular weight is 555 g/mol. The number of anilines is 1. The third-order valence-corrected chi connectivity index (χ3v) is 7.59. The smallest absolute Gasteiger partial charge is 0.371 e. The first-order valence-electron chi connectivity index (χ1n) is 12.6. The van der Waals surface area contributed by atoms with Crippen molar-refractivity contribution in [1.82, 2.24) is 20.5 Å². The molecule has 1 aliphatic rings. The van der Waals surface area contributed by atoms with E-state index in [1.54, 1.807) is 18.3 Å². The van der Waals surface area contributed by atoms with Crippen molar-refractivity contribution >= 4 is 57.7 Å². The van der Waals surface area contributed by atoms with Crippen LogP contribution in [-0.4, -0.2) is 49.1 Å². The first kappa shape index (κ1) is 27.7. The Balaban J connectivity index is 1.63. The molecule has 0 radical (unpaired) electrons. The van der Waals surface area contributed by atoms with Crippen molar-refractivity contribution < 1.29 is 9.59 Å². The first-order chi connectivity index (χ1) is 18.3. The van der Waals surface area contributed by atoms with Crippen molar-refractivity contribution in [2.75, 3.05) is 25.5 Å². The van der Waals surface area contributed by atoms with Crippen molar-refractivity contribution in [1.29, 1.82) is 0 Å². The monoisotopic (exact) mass is 554 g/mol. The zero-order valence-electron chi connectivity index (χ0n) is 21.3. The number of pyridine rings is 1. The van der Waals surface area contributed by atoms with Crippen LogP contribution in [0.1, 0.15) is 48.5 Å². The molecule has 1 fully saturated rings. The number of ketones is 1. The summed E-state index contributed by atoms with van der Waals surface area (Å²) in [5.41, 5.74) is 3.94. The lowest BCUT2D eigenvalue weighted by molar-refractivity contribution is -0.125. The molecule has 10 heteroatoms. The zero-order valence-corrected chi connectivity index (χ0v) is 22.8. The second-order valence-corrected chi connectivity index (χ2v) is 10.3. The number of rotatable bonds is 9. The number of carbonyl (C=O) groups excluding carboxylic acids is 2. The molecule has 1 aromatic heterocycles. The molecule has 0 bridgehead atoms. The van der Waals surface area contributed by atoms with Crippen molar-refractivity contribution in [2.24, 2.45) is 5.92 Å². The van der Waals surface area contributed by atoms with Gasteiger partial charge in [0.05, 0.1) is 26.8 Å². The molecule has 2 aromatic carbocycles. The topological polar surface area (TPSA) is 114 Å². The molecule has 4 rings (SSSR count). The van der Waals surface area contributed by atoms with Crippen molar-refractivity contribution in [3.63, 3.8) is 0 Å². The third-order valence-electron chi connectivity index (χ3n) is 6.96. The maximum Gasteiger partial charge on any atom is 0.371 e. The summed E-state index contributed by atoms with van der Waals surface area (Å²) in [6.07, 6.45) is 5.89. The van der Waals surface area contributed by atoms with Crippen LogP contribution in [0, 0.1) is 10.8 Å². The van der Waals surface area contributed by atoms with E-state index in [4.69, 9.17) is 23.2 Å². The molecule has 1 heterocycles. The summed E-state index contributed by atoms with van der Waals surface area (Å²) in [6, 6.07) is 9.34. The van der Waals surface area contributed by atoms with Crippen LogP contribution in [0.5, 0.6) is 0 Å². The molecule has 8 nitrogen and oxygen atoms in total. The van der Waals surface area contributed by atoms with Crippen molar-refractivity contribution in [2.45, 2.75) is 38.6 Å². The molecule has 1 saturated carbocycles. The number of Topliss-reactive ketones (excluding diaryl/α,β-unsaturated/α-hetero) is 1. The van der Waals surface area contributed by atoms with E-state index in [-0.39, 0.29) is 23.7 Å². The van der Waals surface area contributed by atoms with Crippen molar-refractivity contribution in [3.05, 3.63) is 62.6 Å². The molecule has 0 spiro atoms. The van der Waals surface area contributed by atoms with E-state index in [0.717, 1.165) is 66.2 Å². The highest BCUT2D eigenvalue weighted by Gasteiger charge is 2.27. The van der Waals surface area contributed by atoms with Gasteiger partial charge in [0.15, 0.2) is 10.7 Å². The number of amides is 1. The molecule has 0 atom stereocenters. The number of nitroso groups, excluding NO2 is 1. The Morgan fingerprint density at radius 2 is 1.76 bits per heavy atom. The number of hydrogen-bond donors (Lipinski definition) is 3. The van der Waals surface area contributed by atoms with E-state index in [1.807, 2.05) is 25.2 Å². The maximum atomic E-state index is 12.6. The van der Waals surface area contributed by atoms with Gasteiger partial charge in [-0.2, -0.15) is 0 Å². The number of fused-ring (bicyclic) bond motifs is 1. The Kier molecular flexibility index (Phi) is 9.13. The van der Waals surface area contributed by atoms with Crippen LogP contribution in [0.2, 0.25) is 10.0 Å². The second-order valence-electron chi connectivity index (χ2n) is 9.51. The van der Waals surface area contributed by atoms with Gasteiger partial charge < -0.3 is 16.0 Å². The second kappa shape index (κ2) is 12.5. The van der Waals surface area contributed by atoms with Gasteiger partial charge in [0, 0.05) is 36.6 Å². The van der Waals surface area contributed by atoms with Crippen LogP contribution in [0.25, 0.3) is 22.0 Å². The van der Waals surface area contributed by atoms with Crippen LogP contribution < -0.4 is 20.8 Å². The summed E-state index contributed by atoms with van der Waals surface area (Å²) in [5.74, 6) is 0.0198. The lowest BCUT2D eigenvalue weighted by atomic mass is 9.85. The molecule has 38 heavy (non-hydrogen) atoms. The highest BCUT2D eigenvalue weighted by molar-refractivity contribution is 6.39. The lowest BCUT2D eigenvalue weighted by Gasteiger charge is -2.30. The maximum absolute atomic E-state index is 12.6. The Bertz CT molecular complexity index is 1390. The molecule has 0 aliphatic heterocycles. The highest BCUT2D eigenvalue weighted by Crippen LogP contribution is 2.36. The van der Waals surface area contributed by atoms with Crippen LogP contribution in [0.4, 0.5) is 5.69 Å². The van der Waals surface area contributed by atoms with Gasteiger partial charge in [0.2, 0.25) is 10.8 Å². The van der Waals surface area contributed by atoms with Crippen LogP contribution >= 0.6 is 23.2 Å². The molecule has 198 valence electrons. The molecule has 0 saturated heterocycles. The van der Waals surface area contributed by atoms with Gasteiger partial charge in [-0.05, 0) is 75.0 Å². The normalized spacial score (nSPS) is 17.1. The fraction of sp³-hybridized carbons (Fsp3) is 0.357. The van der Waals surface area contributed by atoms with Gasteiger partial charge in [0.1, 0.15) is 5.56 Å². The van der Waals surface area contributed by atoms with Gasteiger partial charge >= 0.3 is 6.21 Å². The predicted octanol–water partition coefficient (Wildman–Crippen LogP) is 4.97. The SMILES string of the molecule is CNCCNC(=O)C1CCC(Nc2c(C(C)=O)cnc3ccc(-c4cc(Cl)c(C=[N+]=O)c(Cl)c4)cc23)CC1. The molecular formula is C28H30Cl2N5O3+. The Labute approximate surface area is 231 Å². The lowest BCUT2D eigenvalue weighted by Crippen LogP contribution is -2.38. The predicted molar refractivity (Wildman–Crippen MR) is 154 cm³/mol. The van der Waals surface area contributed by atoms with E-state index in [0.29, 0.717) is 27.7 Å². The Morgan fingerprint density at radius 3 is 2.39 bits per heavy atom. The fourth-order valence-electron chi connectivity index (χ4n) is 4.88. The van der Waals surface area contributed by atoms with E-state index in [1.165, 1.54) is 6.92 Å². The molecule has 1 aliphatic carbocycles. The van der Waals surface area contributed by atoms with E-state index in [9.17, 15) is 14.5 Å². The van der Waals surface area contributed by atoms with Crippen LogP contribution in [0.3, 0.4) is 0 Å². The number of nitrogens with zero attached hydrogens (tertiary/aromatic N) is 2. The number of carbonyl (C=O) groups is 2. The third kappa shape index (κ3) is 6.22. The minimum Gasteiger partial charge on any atom is -0.381 e. The molecule has 3 aromatic rings. The minimum absolute atomic E-state index is 0.00194. The van der Waals surface area contributed by atoms with Crippen LogP contribution in [-0.2, 0) is 4.79 Å². The average Bonchev–Trinajstić information content (AvgIpc) is 2.91. The van der Waals surface area contributed by atoms with E-state index >= 15 is 0 Å². The number of nitrogens with one attached hydrogen (secondary N) is 3. The number of halogens is 2. The summed E-state index contributed by atoms with van der Waals surface area (Å²) in [4.78, 5) is 43.0. The zero-order chi connectivity index (χ0) is 27.2. The summed E-state index contributed by atoms with van der Waals surface area (Å²) < 4.78 is 0. The summed E-state index contributed by atoms with van der Waals surface area (Å²) in [5, 5.41) is 11.1. The molecule has 3 N–H and O–H groups in total. The first-order valence-corrected chi connectivity index (χ1v) is 13.4. The van der Waals surface area contributed by atoms with Gasteiger partial charge in [-0.1, -0.05) is 29.3 Å². The Hall–Kier alpha value is -3.29. The van der Waals surface area contributed by atoms with Gasteiger partial charge in [-0.15, -0.1) is 0 Å². The van der Waals surface area contributed by atoms with Crippen molar-refractivity contribution in [3.8, 4) is 11.1 Å². The van der Waals surface area contributed by atoms with Gasteiger partial charge in [0.25, 0.3) is 0 Å². The molecular weight excluding hydrogens is 525 g/mol. The number of hydrogen-bond acceptors (Lipinski definition) is 6.